The van der Waals surface area contributed by atoms with Gasteiger partial charge in [-0.15, -0.1) is 11.3 Å². The molecule has 7 rings (SSSR count). The maximum atomic E-state index is 14.7. The van der Waals surface area contributed by atoms with Crippen LogP contribution in [0.5, 0.6) is 5.75 Å². The van der Waals surface area contributed by atoms with E-state index in [9.17, 15) is 14.0 Å². The predicted molar refractivity (Wildman–Crippen MR) is 183 cm³/mol. The second kappa shape index (κ2) is 13.2. The molecule has 8 nitrogen and oxygen atoms in total. The highest BCUT2D eigenvalue weighted by molar-refractivity contribution is 7.18. The molecule has 5 aromatic rings. The first-order chi connectivity index (χ1) is 22.9. The number of halogens is 1. The Bertz CT molecular complexity index is 2050. The van der Waals surface area contributed by atoms with E-state index in [1.165, 1.54) is 29.3 Å². The van der Waals surface area contributed by atoms with Crippen LogP contribution in [0.3, 0.4) is 0 Å². The largest absolute Gasteiger partial charge is 0.490 e. The number of hydrogen-bond acceptors (Lipinski definition) is 7. The molecule has 3 aromatic heterocycles. The van der Waals surface area contributed by atoms with Gasteiger partial charge in [-0.2, -0.15) is 0 Å². The third-order valence-electron chi connectivity index (χ3n) is 8.99. The van der Waals surface area contributed by atoms with Gasteiger partial charge in [0, 0.05) is 77.4 Å². The summed E-state index contributed by atoms with van der Waals surface area (Å²) in [5.74, 6) is -0.171. The van der Waals surface area contributed by atoms with E-state index in [1.54, 1.807) is 46.1 Å². The van der Waals surface area contributed by atoms with Crippen molar-refractivity contribution in [2.24, 2.45) is 0 Å². The van der Waals surface area contributed by atoms with Gasteiger partial charge >= 0.3 is 0 Å². The van der Waals surface area contributed by atoms with Crippen LogP contribution < -0.4 is 15.6 Å². The van der Waals surface area contributed by atoms with E-state index < -0.39 is 5.82 Å². The molecule has 240 valence electrons. The molecule has 0 bridgehead atoms. The van der Waals surface area contributed by atoms with E-state index in [0.29, 0.717) is 43.1 Å². The summed E-state index contributed by atoms with van der Waals surface area (Å²) in [5, 5.41) is 6.47. The number of carbonyl (C=O) groups excluding carboxylic acids is 1. The Hall–Kier alpha value is -4.64. The summed E-state index contributed by atoms with van der Waals surface area (Å²) in [6.07, 6.45) is 4.74. The Morgan fingerprint density at radius 2 is 1.98 bits per heavy atom. The Balaban J connectivity index is 1.44. The standard InChI is InChI=1S/C37H35FN4O4S/c1-3-32(43)41-14-11-28(22-41)42-21-26(6-9-33(42)44)36-34(29-8-7-27(38)19-31(29)46-16-15-45-2)37-30(12-17-47-37)35(40-36)24-4-5-25-20-39-13-10-23(25)18-24/h3-9,12,17-19,21,28,39H,1,10-11,13-16,20,22H2,2H3. The van der Waals surface area contributed by atoms with Crippen LogP contribution in [0.4, 0.5) is 4.39 Å². The molecule has 5 heterocycles. The zero-order valence-corrected chi connectivity index (χ0v) is 26.9. The summed E-state index contributed by atoms with van der Waals surface area (Å²) in [4.78, 5) is 32.7. The Morgan fingerprint density at radius 3 is 2.83 bits per heavy atom. The van der Waals surface area contributed by atoms with E-state index in [0.717, 1.165) is 52.0 Å². The van der Waals surface area contributed by atoms with Crippen molar-refractivity contribution in [2.45, 2.75) is 25.4 Å². The first kappa shape index (κ1) is 31.0. The minimum Gasteiger partial charge on any atom is -0.490 e. The number of pyridine rings is 2. The fourth-order valence-corrected chi connectivity index (χ4v) is 7.57. The predicted octanol–water partition coefficient (Wildman–Crippen LogP) is 6.23. The summed E-state index contributed by atoms with van der Waals surface area (Å²) >= 11 is 1.59. The molecule has 0 radical (unpaired) electrons. The first-order valence-electron chi connectivity index (χ1n) is 15.7. The molecule has 1 atom stereocenters. The number of rotatable bonds is 9. The van der Waals surface area contributed by atoms with Crippen LogP contribution in [0.15, 0.2) is 83.6 Å². The number of carbonyl (C=O) groups is 1. The molecule has 1 fully saturated rings. The van der Waals surface area contributed by atoms with Crippen molar-refractivity contribution in [1.29, 1.82) is 0 Å². The minimum atomic E-state index is -0.410. The summed E-state index contributed by atoms with van der Waals surface area (Å²) in [7, 11) is 1.59. The third kappa shape index (κ3) is 6.00. The third-order valence-corrected chi connectivity index (χ3v) is 9.92. The van der Waals surface area contributed by atoms with Crippen molar-refractivity contribution >= 4 is 27.3 Å². The zero-order valence-electron chi connectivity index (χ0n) is 26.1. The van der Waals surface area contributed by atoms with E-state index in [1.807, 2.05) is 11.6 Å². The van der Waals surface area contributed by atoms with E-state index >= 15 is 0 Å². The Labute approximate surface area is 276 Å². The van der Waals surface area contributed by atoms with Crippen molar-refractivity contribution in [3.8, 4) is 39.4 Å². The van der Waals surface area contributed by atoms with Crippen LogP contribution in [0.1, 0.15) is 23.6 Å². The van der Waals surface area contributed by atoms with Crippen LogP contribution >= 0.6 is 11.3 Å². The number of thiophene rings is 1. The number of ether oxygens (including phenoxy) is 2. The van der Waals surface area contributed by atoms with Gasteiger partial charge in [0.2, 0.25) is 5.91 Å². The molecule has 0 saturated carbocycles. The molecule has 2 aromatic carbocycles. The van der Waals surface area contributed by atoms with E-state index in [-0.39, 0.29) is 24.1 Å². The number of methoxy groups -OCH3 is 1. The summed E-state index contributed by atoms with van der Waals surface area (Å²) in [6.45, 7) is 6.95. The van der Waals surface area contributed by atoms with Crippen molar-refractivity contribution < 1.29 is 18.7 Å². The van der Waals surface area contributed by atoms with Crippen LogP contribution in [-0.2, 0) is 22.5 Å². The maximum absolute atomic E-state index is 14.7. The molecule has 1 saturated heterocycles. The molecule has 2 aliphatic heterocycles. The fraction of sp³-hybridized carbons (Fsp3) is 0.270. The number of fused-ring (bicyclic) bond motifs is 2. The van der Waals surface area contributed by atoms with Gasteiger partial charge in [0.25, 0.3) is 5.56 Å². The van der Waals surface area contributed by atoms with Crippen LogP contribution in [0.25, 0.3) is 43.7 Å². The maximum Gasteiger partial charge on any atom is 0.250 e. The smallest absolute Gasteiger partial charge is 0.250 e. The number of nitrogens with zero attached hydrogens (tertiary/aromatic N) is 3. The van der Waals surface area contributed by atoms with Crippen LogP contribution in [0.2, 0.25) is 0 Å². The second-order valence-electron chi connectivity index (χ2n) is 11.8. The van der Waals surface area contributed by atoms with Crippen LogP contribution in [-0.4, -0.2) is 60.3 Å². The topological polar surface area (TPSA) is 85.7 Å². The fourth-order valence-electron chi connectivity index (χ4n) is 6.61. The van der Waals surface area contributed by atoms with Gasteiger partial charge in [0.15, 0.2) is 0 Å². The van der Waals surface area contributed by atoms with Crippen LogP contribution in [0, 0.1) is 5.82 Å². The Kier molecular flexibility index (Phi) is 8.72. The molecule has 1 amide bonds. The second-order valence-corrected chi connectivity index (χ2v) is 12.7. The van der Waals surface area contributed by atoms with E-state index in [2.05, 4.69) is 36.2 Å². The molecular weight excluding hydrogens is 615 g/mol. The molecular formula is C37H35FN4O4S. The lowest BCUT2D eigenvalue weighted by molar-refractivity contribution is -0.125. The summed E-state index contributed by atoms with van der Waals surface area (Å²) in [5.41, 5.74) is 7.18. The molecule has 0 aliphatic carbocycles. The number of nitrogens with one attached hydrogen (secondary N) is 1. The summed E-state index contributed by atoms with van der Waals surface area (Å²) < 4.78 is 28.6. The van der Waals surface area contributed by atoms with Gasteiger partial charge in [-0.25, -0.2) is 9.37 Å². The van der Waals surface area contributed by atoms with Crippen molar-refractivity contribution in [3.63, 3.8) is 0 Å². The van der Waals surface area contributed by atoms with Gasteiger partial charge in [-0.3, -0.25) is 9.59 Å². The molecule has 1 unspecified atom stereocenters. The lowest BCUT2D eigenvalue weighted by Gasteiger charge is -2.21. The van der Waals surface area contributed by atoms with Gasteiger partial charge < -0.3 is 24.3 Å². The molecule has 47 heavy (non-hydrogen) atoms. The highest BCUT2D eigenvalue weighted by atomic mass is 32.1. The first-order valence-corrected chi connectivity index (χ1v) is 16.6. The molecule has 1 N–H and O–H groups in total. The zero-order chi connectivity index (χ0) is 32.5. The lowest BCUT2D eigenvalue weighted by atomic mass is 9.93. The van der Waals surface area contributed by atoms with Gasteiger partial charge in [-0.05, 0) is 72.3 Å². The highest BCUT2D eigenvalue weighted by Gasteiger charge is 2.28. The Morgan fingerprint density at radius 1 is 1.11 bits per heavy atom. The highest BCUT2D eigenvalue weighted by Crippen LogP contribution is 2.46. The lowest BCUT2D eigenvalue weighted by Crippen LogP contribution is -2.30. The van der Waals surface area contributed by atoms with Crippen molar-refractivity contribution in [3.05, 3.63) is 106 Å². The molecule has 2 aliphatic rings. The number of amides is 1. The monoisotopic (exact) mass is 650 g/mol. The number of aromatic nitrogens is 2. The SMILES string of the molecule is C=CC(=O)N1CCC(n2cc(-c3nc(-c4ccc5c(c4)CCNC5)c4ccsc4c3-c3ccc(F)cc3OCCOC)ccc2=O)C1. The normalized spacial score (nSPS) is 16.0. The quantitative estimate of drug-likeness (QED) is 0.151. The van der Waals surface area contributed by atoms with Gasteiger partial charge in [0.1, 0.15) is 18.2 Å². The summed E-state index contributed by atoms with van der Waals surface area (Å²) in [6, 6.07) is 16.3. The van der Waals surface area contributed by atoms with E-state index in [4.69, 9.17) is 14.5 Å². The average Bonchev–Trinajstić information content (AvgIpc) is 3.79. The minimum absolute atomic E-state index is 0.147. The average molecular weight is 651 g/mol. The number of likely N-dealkylation sites (tertiary alicyclic amines) is 1. The van der Waals surface area contributed by atoms with Crippen molar-refractivity contribution in [2.75, 3.05) is 40.0 Å². The number of benzene rings is 2. The van der Waals surface area contributed by atoms with Gasteiger partial charge in [0.05, 0.1) is 24.0 Å². The number of hydrogen-bond donors (Lipinski definition) is 1. The van der Waals surface area contributed by atoms with Crippen molar-refractivity contribution in [1.82, 2.24) is 19.8 Å². The van der Waals surface area contributed by atoms with Gasteiger partial charge in [-0.1, -0.05) is 18.7 Å². The molecule has 0 spiro atoms. The molecule has 10 heteroatoms.